The largest absolute Gasteiger partial charge is 0.393 e. The second-order valence-electron chi connectivity index (χ2n) is 14.4. The van der Waals surface area contributed by atoms with Crippen molar-refractivity contribution in [2.45, 2.75) is 141 Å². The fourth-order valence-electron chi connectivity index (χ4n) is 10.3. The first kappa shape index (κ1) is 28.8. The van der Waals surface area contributed by atoms with Gasteiger partial charge in [-0.3, -0.25) is 0 Å². The van der Waals surface area contributed by atoms with Crippen LogP contribution in [0.2, 0.25) is 0 Å². The number of aliphatic hydroxyl groups is 6. The Morgan fingerprint density at radius 2 is 1.58 bits per heavy atom. The molecule has 4 saturated carbocycles. The Balaban J connectivity index is 1.59. The normalized spacial score (nSPS) is 51.2. The van der Waals surface area contributed by atoms with Crippen molar-refractivity contribution in [2.75, 3.05) is 0 Å². The second-order valence-corrected chi connectivity index (χ2v) is 14.4. The molecule has 13 atom stereocenters. The quantitative estimate of drug-likeness (QED) is 0.311. The summed E-state index contributed by atoms with van der Waals surface area (Å²) in [6, 6.07) is 0. The van der Waals surface area contributed by atoms with Crippen LogP contribution in [0.3, 0.4) is 0 Å². The van der Waals surface area contributed by atoms with E-state index in [0.717, 1.165) is 32.1 Å². The number of fused-ring (bicyclic) bond motifs is 5. The van der Waals surface area contributed by atoms with Crippen molar-refractivity contribution >= 4 is 0 Å². The molecule has 0 radical (unpaired) electrons. The van der Waals surface area contributed by atoms with Crippen LogP contribution < -0.4 is 0 Å². The molecule has 6 heteroatoms. The summed E-state index contributed by atoms with van der Waals surface area (Å²) in [7, 11) is 0. The molecule has 0 amide bonds. The summed E-state index contributed by atoms with van der Waals surface area (Å²) in [5.41, 5.74) is -3.62. The number of hydrogen-bond donors (Lipinski definition) is 6. The Hall–Kier alpha value is -0.240. The van der Waals surface area contributed by atoms with E-state index in [9.17, 15) is 30.6 Å². The van der Waals surface area contributed by atoms with E-state index in [-0.39, 0.29) is 48.0 Å². The molecule has 4 aliphatic carbocycles. The molecule has 4 rings (SSSR count). The lowest BCUT2D eigenvalue weighted by molar-refractivity contribution is -0.315. The minimum absolute atomic E-state index is 0.0486. The van der Waals surface area contributed by atoms with Gasteiger partial charge in [-0.2, -0.15) is 0 Å². The van der Waals surface area contributed by atoms with Crippen molar-refractivity contribution < 1.29 is 30.6 Å². The average Bonchev–Trinajstić information content (AvgIpc) is 3.07. The minimum Gasteiger partial charge on any atom is -0.393 e. The van der Waals surface area contributed by atoms with Gasteiger partial charge in [-0.25, -0.2) is 0 Å². The summed E-state index contributed by atoms with van der Waals surface area (Å²) in [4.78, 5) is 0. The topological polar surface area (TPSA) is 121 Å². The van der Waals surface area contributed by atoms with Gasteiger partial charge in [-0.15, -0.1) is 0 Å². The SMILES string of the molecule is CCC(O)C(CCC(C)C1C[C@H](O)C2[C@]1(C)CCC1[C@]2(O)C[C@@H](O)[C@]2(O)C[C@@H](O)CC[C@]12C)C(C)C. The average molecular weight is 511 g/mol. The van der Waals surface area contributed by atoms with Gasteiger partial charge in [0.2, 0.25) is 0 Å². The van der Waals surface area contributed by atoms with Crippen LogP contribution in [0.25, 0.3) is 0 Å². The van der Waals surface area contributed by atoms with Crippen molar-refractivity contribution in [3.63, 3.8) is 0 Å². The summed E-state index contributed by atoms with van der Waals surface area (Å²) < 4.78 is 0. The Morgan fingerprint density at radius 1 is 0.917 bits per heavy atom. The van der Waals surface area contributed by atoms with Gasteiger partial charge in [0.25, 0.3) is 0 Å². The molecule has 0 saturated heterocycles. The highest BCUT2D eigenvalue weighted by Gasteiger charge is 2.74. The van der Waals surface area contributed by atoms with Crippen molar-refractivity contribution in [3.8, 4) is 0 Å². The first-order valence-corrected chi connectivity index (χ1v) is 14.8. The summed E-state index contributed by atoms with van der Waals surface area (Å²) in [5.74, 6) is 0.718. The van der Waals surface area contributed by atoms with E-state index in [4.69, 9.17) is 0 Å². The van der Waals surface area contributed by atoms with Crippen LogP contribution in [-0.4, -0.2) is 66.3 Å². The van der Waals surface area contributed by atoms with E-state index in [2.05, 4.69) is 27.7 Å². The summed E-state index contributed by atoms with van der Waals surface area (Å²) in [6.45, 7) is 12.9. The molecule has 210 valence electrons. The van der Waals surface area contributed by atoms with Crippen LogP contribution in [0.5, 0.6) is 0 Å². The first-order valence-electron chi connectivity index (χ1n) is 14.8. The van der Waals surface area contributed by atoms with Crippen LogP contribution in [-0.2, 0) is 0 Å². The van der Waals surface area contributed by atoms with Gasteiger partial charge in [0.1, 0.15) is 0 Å². The van der Waals surface area contributed by atoms with Gasteiger partial charge >= 0.3 is 0 Å². The lowest BCUT2D eigenvalue weighted by Crippen LogP contribution is -2.75. The maximum absolute atomic E-state index is 12.4. The zero-order chi connectivity index (χ0) is 26.8. The fraction of sp³-hybridized carbons (Fsp3) is 1.00. The Labute approximate surface area is 218 Å². The van der Waals surface area contributed by atoms with Crippen molar-refractivity contribution in [3.05, 3.63) is 0 Å². The monoisotopic (exact) mass is 510 g/mol. The molecule has 0 aromatic rings. The molecular formula is C30H54O6. The molecule has 6 unspecified atom stereocenters. The fourth-order valence-corrected chi connectivity index (χ4v) is 10.3. The number of rotatable bonds is 7. The Morgan fingerprint density at radius 3 is 2.19 bits per heavy atom. The summed E-state index contributed by atoms with van der Waals surface area (Å²) in [6.07, 6.45) is 3.59. The second kappa shape index (κ2) is 9.75. The molecule has 6 nitrogen and oxygen atoms in total. The predicted molar refractivity (Wildman–Crippen MR) is 140 cm³/mol. The molecule has 0 bridgehead atoms. The number of hydrogen-bond acceptors (Lipinski definition) is 6. The standard InChI is InChI=1S/C30H54O6/c1-7-22(32)20(17(2)3)9-8-18(4)21-14-23(33)26-27(21,5)12-11-24-28(6)13-10-19(31)15-30(28,36)25(34)16-29(24,26)35/h17-26,31-36H,7-16H2,1-6H3/t18?,19-,20?,21?,22?,23-,24?,25+,26?,27+,28+,29+,30+/m0/s1. The van der Waals surface area contributed by atoms with E-state index in [0.29, 0.717) is 31.1 Å². The molecule has 0 aromatic heterocycles. The van der Waals surface area contributed by atoms with Crippen LogP contribution in [0.15, 0.2) is 0 Å². The van der Waals surface area contributed by atoms with Crippen LogP contribution in [0, 0.1) is 46.3 Å². The zero-order valence-electron chi connectivity index (χ0n) is 23.5. The maximum atomic E-state index is 12.4. The summed E-state index contributed by atoms with van der Waals surface area (Å²) >= 11 is 0. The van der Waals surface area contributed by atoms with E-state index < -0.39 is 34.9 Å². The maximum Gasteiger partial charge on any atom is 0.0987 e. The first-order chi connectivity index (χ1) is 16.7. The molecule has 0 aromatic carbocycles. The smallest absolute Gasteiger partial charge is 0.0987 e. The molecular weight excluding hydrogens is 456 g/mol. The molecule has 0 aliphatic heterocycles. The third kappa shape index (κ3) is 4.12. The zero-order valence-corrected chi connectivity index (χ0v) is 23.5. The lowest BCUT2D eigenvalue weighted by Gasteiger charge is -2.68. The van der Waals surface area contributed by atoms with Gasteiger partial charge < -0.3 is 30.6 Å². The van der Waals surface area contributed by atoms with Gasteiger partial charge in [0.05, 0.1) is 35.6 Å². The van der Waals surface area contributed by atoms with E-state index in [1.807, 2.05) is 13.8 Å². The van der Waals surface area contributed by atoms with Crippen molar-refractivity contribution in [2.24, 2.45) is 46.3 Å². The molecule has 36 heavy (non-hydrogen) atoms. The Kier molecular flexibility index (Phi) is 7.79. The predicted octanol–water partition coefficient (Wildman–Crippen LogP) is 3.64. The highest BCUT2D eigenvalue weighted by molar-refractivity contribution is 5.23. The molecule has 4 aliphatic rings. The molecule has 4 fully saturated rings. The highest BCUT2D eigenvalue weighted by Crippen LogP contribution is 2.70. The van der Waals surface area contributed by atoms with E-state index in [1.54, 1.807) is 0 Å². The third-order valence-electron chi connectivity index (χ3n) is 12.3. The van der Waals surface area contributed by atoms with Crippen LogP contribution in [0.1, 0.15) is 106 Å². The van der Waals surface area contributed by atoms with E-state index >= 15 is 0 Å². The van der Waals surface area contributed by atoms with Gasteiger partial charge in [-0.1, -0.05) is 48.0 Å². The van der Waals surface area contributed by atoms with Gasteiger partial charge in [0, 0.05) is 24.2 Å². The van der Waals surface area contributed by atoms with Gasteiger partial charge in [0.15, 0.2) is 0 Å². The molecule has 0 spiro atoms. The third-order valence-corrected chi connectivity index (χ3v) is 12.3. The van der Waals surface area contributed by atoms with Crippen molar-refractivity contribution in [1.29, 1.82) is 0 Å². The minimum atomic E-state index is -1.42. The van der Waals surface area contributed by atoms with Gasteiger partial charge in [-0.05, 0) is 80.0 Å². The summed E-state index contributed by atoms with van der Waals surface area (Å²) in [5, 5.41) is 67.7. The van der Waals surface area contributed by atoms with E-state index in [1.165, 1.54) is 0 Å². The van der Waals surface area contributed by atoms with Crippen molar-refractivity contribution in [1.82, 2.24) is 0 Å². The molecule has 0 heterocycles. The molecule has 6 N–H and O–H groups in total. The highest BCUT2D eigenvalue weighted by atomic mass is 16.4. The lowest BCUT2D eigenvalue weighted by atomic mass is 9.40. The van der Waals surface area contributed by atoms with Crippen LogP contribution in [0.4, 0.5) is 0 Å². The van der Waals surface area contributed by atoms with Crippen LogP contribution >= 0.6 is 0 Å². The Bertz CT molecular complexity index is 789. The number of aliphatic hydroxyl groups excluding tert-OH is 4.